The van der Waals surface area contributed by atoms with E-state index in [1.165, 1.54) is 42.5 Å². The number of benzene rings is 2. The van der Waals surface area contributed by atoms with Crippen LogP contribution in [0, 0.1) is 0 Å². The van der Waals surface area contributed by atoms with Gasteiger partial charge in [-0.25, -0.2) is 4.57 Å². The molecule has 25 heavy (non-hydrogen) atoms. The normalized spacial score (nSPS) is 11.0. The van der Waals surface area contributed by atoms with Crippen molar-refractivity contribution in [3.8, 4) is 11.5 Å². The van der Waals surface area contributed by atoms with E-state index in [0.29, 0.717) is 5.56 Å². The van der Waals surface area contributed by atoms with Gasteiger partial charge in [0.25, 0.3) is 11.8 Å². The number of phosphoric ester groups is 1. The number of phosphoric acid groups is 1. The summed E-state index contributed by atoms with van der Waals surface area (Å²) in [4.78, 5) is 40.6. The molecule has 2 rings (SSSR count). The number of carbonyl (C=O) groups excluding carboxylic acids is 2. The van der Waals surface area contributed by atoms with Crippen LogP contribution in [0.25, 0.3) is 0 Å². The van der Waals surface area contributed by atoms with Crippen molar-refractivity contribution in [3.05, 3.63) is 59.2 Å². The maximum absolute atomic E-state index is 12.1. The number of rotatable bonds is 6. The lowest BCUT2D eigenvalue weighted by atomic mass is 10.1. The second kappa shape index (κ2) is 7.35. The SMILES string of the molecule is NC(=O)c1cc(CNC(=O)c2ccc(OP(=O)(O)O)cc2)ccc1O. The molecule has 0 bridgehead atoms. The van der Waals surface area contributed by atoms with Gasteiger partial charge in [0.2, 0.25) is 0 Å². The van der Waals surface area contributed by atoms with E-state index >= 15 is 0 Å². The first kappa shape index (κ1) is 18.5. The zero-order valence-corrected chi connectivity index (χ0v) is 13.6. The average Bonchev–Trinajstić information content (AvgIpc) is 2.52. The fraction of sp³-hybridized carbons (Fsp3) is 0.0667. The molecule has 0 atom stereocenters. The van der Waals surface area contributed by atoms with Crippen LogP contribution in [0.4, 0.5) is 0 Å². The number of aromatic hydroxyl groups is 1. The molecule has 2 aromatic carbocycles. The molecule has 0 radical (unpaired) electrons. The first-order valence-electron chi connectivity index (χ1n) is 6.91. The van der Waals surface area contributed by atoms with E-state index in [0.717, 1.165) is 0 Å². The third kappa shape index (κ3) is 5.32. The summed E-state index contributed by atoms with van der Waals surface area (Å²) in [7, 11) is -4.65. The second-order valence-corrected chi connectivity index (χ2v) is 6.17. The lowest BCUT2D eigenvalue weighted by Gasteiger charge is -2.09. The molecule has 0 heterocycles. The summed E-state index contributed by atoms with van der Waals surface area (Å²) in [6, 6.07) is 9.38. The van der Waals surface area contributed by atoms with Crippen LogP contribution in [0.15, 0.2) is 42.5 Å². The Morgan fingerprint density at radius 2 is 1.76 bits per heavy atom. The zero-order chi connectivity index (χ0) is 18.6. The highest BCUT2D eigenvalue weighted by atomic mass is 31.2. The topological polar surface area (TPSA) is 159 Å². The molecule has 2 aromatic rings. The Morgan fingerprint density at radius 3 is 2.32 bits per heavy atom. The van der Waals surface area contributed by atoms with E-state index in [1.54, 1.807) is 0 Å². The number of nitrogens with two attached hydrogens (primary N) is 1. The van der Waals surface area contributed by atoms with Crippen LogP contribution < -0.4 is 15.6 Å². The van der Waals surface area contributed by atoms with Crippen molar-refractivity contribution in [2.24, 2.45) is 5.73 Å². The Morgan fingerprint density at radius 1 is 1.12 bits per heavy atom. The van der Waals surface area contributed by atoms with Crippen molar-refractivity contribution in [2.75, 3.05) is 0 Å². The van der Waals surface area contributed by atoms with Crippen LogP contribution in [0.2, 0.25) is 0 Å². The van der Waals surface area contributed by atoms with Gasteiger partial charge in [-0.3, -0.25) is 19.4 Å². The largest absolute Gasteiger partial charge is 0.524 e. The number of phenols is 1. The molecule has 0 saturated carbocycles. The van der Waals surface area contributed by atoms with Crippen molar-refractivity contribution in [3.63, 3.8) is 0 Å². The molecule has 0 saturated heterocycles. The smallest absolute Gasteiger partial charge is 0.507 e. The van der Waals surface area contributed by atoms with Crippen molar-refractivity contribution < 1.29 is 33.6 Å². The van der Waals surface area contributed by atoms with E-state index in [1.807, 2.05) is 0 Å². The van der Waals surface area contributed by atoms with Gasteiger partial charge in [0.1, 0.15) is 11.5 Å². The van der Waals surface area contributed by atoms with Crippen molar-refractivity contribution in [1.82, 2.24) is 5.32 Å². The highest BCUT2D eigenvalue weighted by Gasteiger charge is 2.16. The monoisotopic (exact) mass is 366 g/mol. The number of hydrogen-bond acceptors (Lipinski definition) is 5. The van der Waals surface area contributed by atoms with Crippen LogP contribution in [-0.4, -0.2) is 26.7 Å². The summed E-state index contributed by atoms with van der Waals surface area (Å²) in [5.74, 6) is -1.56. The Balaban J connectivity index is 2.02. The standard InChI is InChI=1S/C15H15N2O7P/c16-14(19)12-7-9(1-6-13(12)18)8-17-15(20)10-2-4-11(5-3-10)24-25(21,22)23/h1-7,18H,8H2,(H2,16,19)(H,17,20)(H2,21,22,23). The van der Waals surface area contributed by atoms with Crippen molar-refractivity contribution in [2.45, 2.75) is 6.54 Å². The molecule has 132 valence electrons. The maximum Gasteiger partial charge on any atom is 0.524 e. The molecule has 2 amide bonds. The fourth-order valence-corrected chi connectivity index (χ4v) is 2.38. The van der Waals surface area contributed by atoms with E-state index in [9.17, 15) is 19.3 Å². The quantitative estimate of drug-likeness (QED) is 0.475. The van der Waals surface area contributed by atoms with Crippen molar-refractivity contribution >= 4 is 19.6 Å². The molecule has 0 aliphatic rings. The molecule has 0 unspecified atom stereocenters. The zero-order valence-electron chi connectivity index (χ0n) is 12.7. The third-order valence-electron chi connectivity index (χ3n) is 3.12. The van der Waals surface area contributed by atoms with Crippen LogP contribution in [0.3, 0.4) is 0 Å². The Kier molecular flexibility index (Phi) is 5.43. The summed E-state index contributed by atoms with van der Waals surface area (Å²) in [5, 5.41) is 12.1. The maximum atomic E-state index is 12.1. The minimum Gasteiger partial charge on any atom is -0.507 e. The highest BCUT2D eigenvalue weighted by Crippen LogP contribution is 2.37. The number of hydrogen-bond donors (Lipinski definition) is 5. The fourth-order valence-electron chi connectivity index (χ4n) is 1.98. The number of carbonyl (C=O) groups is 2. The minimum atomic E-state index is -4.65. The van der Waals surface area contributed by atoms with Crippen LogP contribution in [-0.2, 0) is 11.1 Å². The van der Waals surface area contributed by atoms with E-state index in [2.05, 4.69) is 9.84 Å². The molecular formula is C15H15N2O7P. The van der Waals surface area contributed by atoms with E-state index in [4.69, 9.17) is 15.5 Å². The molecular weight excluding hydrogens is 351 g/mol. The summed E-state index contributed by atoms with van der Waals surface area (Å²) < 4.78 is 15.1. The first-order chi connectivity index (χ1) is 11.7. The van der Waals surface area contributed by atoms with Gasteiger partial charge in [0.05, 0.1) is 5.56 Å². The molecule has 0 aliphatic heterocycles. The second-order valence-electron chi connectivity index (χ2n) is 5.00. The predicted molar refractivity (Wildman–Crippen MR) is 86.9 cm³/mol. The van der Waals surface area contributed by atoms with Crippen LogP contribution in [0.1, 0.15) is 26.3 Å². The Labute approximate surface area is 142 Å². The van der Waals surface area contributed by atoms with Crippen molar-refractivity contribution in [1.29, 1.82) is 0 Å². The van der Waals surface area contributed by atoms with E-state index < -0.39 is 19.6 Å². The summed E-state index contributed by atoms with van der Waals surface area (Å²) in [6.45, 7) is 0.0835. The lowest BCUT2D eigenvalue weighted by Crippen LogP contribution is -2.23. The van der Waals surface area contributed by atoms with Gasteiger partial charge in [0.15, 0.2) is 0 Å². The van der Waals surface area contributed by atoms with Gasteiger partial charge in [-0.05, 0) is 42.0 Å². The summed E-state index contributed by atoms with van der Waals surface area (Å²) in [6.07, 6.45) is 0. The third-order valence-corrected chi connectivity index (χ3v) is 3.57. The Bertz CT molecular complexity index is 845. The molecule has 10 heteroatoms. The predicted octanol–water partition coefficient (Wildman–Crippen LogP) is 0.893. The molecule has 0 aromatic heterocycles. The van der Waals surface area contributed by atoms with Gasteiger partial charge >= 0.3 is 7.82 Å². The van der Waals surface area contributed by atoms with Gasteiger partial charge in [-0.2, -0.15) is 0 Å². The lowest BCUT2D eigenvalue weighted by molar-refractivity contribution is 0.0950. The first-order valence-corrected chi connectivity index (χ1v) is 8.44. The number of nitrogens with one attached hydrogen (secondary N) is 1. The average molecular weight is 366 g/mol. The van der Waals surface area contributed by atoms with Crippen LogP contribution >= 0.6 is 7.82 Å². The van der Waals surface area contributed by atoms with Gasteiger partial charge in [0, 0.05) is 12.1 Å². The van der Waals surface area contributed by atoms with Gasteiger partial charge < -0.3 is 20.7 Å². The molecule has 0 aliphatic carbocycles. The Hall–Kier alpha value is -2.87. The van der Waals surface area contributed by atoms with Gasteiger partial charge in [-0.1, -0.05) is 6.07 Å². The van der Waals surface area contributed by atoms with E-state index in [-0.39, 0.29) is 29.2 Å². The van der Waals surface area contributed by atoms with Crippen LogP contribution in [0.5, 0.6) is 11.5 Å². The molecule has 0 spiro atoms. The molecule has 6 N–H and O–H groups in total. The highest BCUT2D eigenvalue weighted by molar-refractivity contribution is 7.46. The number of primary amides is 1. The molecule has 9 nitrogen and oxygen atoms in total. The van der Waals surface area contributed by atoms with Gasteiger partial charge in [-0.15, -0.1) is 0 Å². The molecule has 0 fully saturated rings. The number of amides is 2. The minimum absolute atomic E-state index is 0.0503. The summed E-state index contributed by atoms with van der Waals surface area (Å²) >= 11 is 0. The summed E-state index contributed by atoms with van der Waals surface area (Å²) in [5.41, 5.74) is 5.88.